The molecule has 17 heavy (non-hydrogen) atoms. The number of aromatic carboxylic acids is 1. The van der Waals surface area contributed by atoms with E-state index in [0.29, 0.717) is 0 Å². The molecule has 0 saturated carbocycles. The summed E-state index contributed by atoms with van der Waals surface area (Å²) >= 11 is 11.3. The summed E-state index contributed by atoms with van der Waals surface area (Å²) in [5.74, 6) is -1.36. The second-order valence-corrected chi connectivity index (χ2v) is 5.29. The lowest BCUT2D eigenvalue weighted by Crippen LogP contribution is -2.23. The zero-order chi connectivity index (χ0) is 13.2. The Morgan fingerprint density at radius 1 is 1.35 bits per heavy atom. The van der Waals surface area contributed by atoms with Gasteiger partial charge in [0.2, 0.25) is 0 Å². The van der Waals surface area contributed by atoms with Gasteiger partial charge in [0.15, 0.2) is 0 Å². The summed E-state index contributed by atoms with van der Waals surface area (Å²) in [6.45, 7) is 0. The van der Waals surface area contributed by atoms with Gasteiger partial charge >= 0.3 is 5.97 Å². The normalized spacial score (nSPS) is 11.5. The third kappa shape index (κ3) is 3.08. The van der Waals surface area contributed by atoms with E-state index >= 15 is 0 Å². The number of carbonyl (C=O) groups is 1. The molecule has 0 aliphatic rings. The largest absolute Gasteiger partial charge is 0.478 e. The van der Waals surface area contributed by atoms with E-state index in [9.17, 15) is 13.2 Å². The molecule has 0 atom stereocenters. The van der Waals surface area contributed by atoms with Gasteiger partial charge in [0.05, 0.1) is 22.7 Å². The fraction of sp³-hybridized carbons (Fsp3) is 0.125. The molecule has 0 saturated heterocycles. The molecule has 0 aromatic heterocycles. The minimum atomic E-state index is -4.04. The topological polar surface area (TPSA) is 92.7 Å². The molecule has 1 aromatic rings. The molecule has 0 aliphatic carbocycles. The molecular weight excluding hydrogens is 293 g/mol. The smallest absolute Gasteiger partial charge is 0.337 e. The number of hydrogen-bond donors (Lipinski definition) is 2. The summed E-state index contributed by atoms with van der Waals surface area (Å²) < 4.78 is 23.2. The standard InChI is InChI=1S/C8H7Cl2NO5S/c1-16-11-17(14,15)7-2-4(8(12)13)5(9)3-6(7)10/h2-3,11H,1H3,(H,12,13). The first kappa shape index (κ1) is 14.2. The molecule has 0 radical (unpaired) electrons. The van der Waals surface area contributed by atoms with E-state index in [-0.39, 0.29) is 15.6 Å². The average Bonchev–Trinajstić information content (AvgIpc) is 2.15. The van der Waals surface area contributed by atoms with Gasteiger partial charge in [-0.1, -0.05) is 28.1 Å². The van der Waals surface area contributed by atoms with Crippen LogP contribution in [-0.2, 0) is 14.9 Å². The molecule has 0 heterocycles. The minimum absolute atomic E-state index is 0.154. The van der Waals surface area contributed by atoms with Crippen molar-refractivity contribution < 1.29 is 23.2 Å². The van der Waals surface area contributed by atoms with Crippen molar-refractivity contribution in [3.63, 3.8) is 0 Å². The van der Waals surface area contributed by atoms with Gasteiger partial charge in [0, 0.05) is 0 Å². The van der Waals surface area contributed by atoms with Crippen LogP contribution in [0.15, 0.2) is 17.0 Å². The Labute approximate surface area is 107 Å². The summed E-state index contributed by atoms with van der Waals surface area (Å²) in [4.78, 5) is 16.4. The molecule has 1 aromatic carbocycles. The van der Waals surface area contributed by atoms with E-state index in [1.54, 1.807) is 4.89 Å². The first-order chi connectivity index (χ1) is 7.79. The summed E-state index contributed by atoms with van der Waals surface area (Å²) in [6.07, 6.45) is 0. The Bertz CT molecular complexity index is 557. The Morgan fingerprint density at radius 2 is 1.94 bits per heavy atom. The summed E-state index contributed by atoms with van der Waals surface area (Å²) in [6, 6.07) is 1.89. The number of carboxylic acids is 1. The van der Waals surface area contributed by atoms with Crippen molar-refractivity contribution in [3.8, 4) is 0 Å². The first-order valence-electron chi connectivity index (χ1n) is 4.06. The Kier molecular flexibility index (Phi) is 4.34. The van der Waals surface area contributed by atoms with E-state index in [1.165, 1.54) is 0 Å². The summed E-state index contributed by atoms with van der Waals surface area (Å²) in [5.41, 5.74) is -0.368. The van der Waals surface area contributed by atoms with Crippen LogP contribution in [0.1, 0.15) is 10.4 Å². The van der Waals surface area contributed by atoms with Crippen molar-refractivity contribution in [2.45, 2.75) is 4.90 Å². The fourth-order valence-corrected chi connectivity index (χ4v) is 2.72. The maximum Gasteiger partial charge on any atom is 0.337 e. The lowest BCUT2D eigenvalue weighted by molar-refractivity contribution is 0.0697. The monoisotopic (exact) mass is 299 g/mol. The van der Waals surface area contributed by atoms with Crippen molar-refractivity contribution in [2.24, 2.45) is 0 Å². The highest BCUT2D eigenvalue weighted by atomic mass is 35.5. The molecule has 0 aliphatic heterocycles. The van der Waals surface area contributed by atoms with Gasteiger partial charge in [-0.05, 0) is 12.1 Å². The Morgan fingerprint density at radius 3 is 2.41 bits per heavy atom. The van der Waals surface area contributed by atoms with Crippen LogP contribution in [0.25, 0.3) is 0 Å². The number of sulfonamides is 1. The van der Waals surface area contributed by atoms with Crippen molar-refractivity contribution in [1.29, 1.82) is 0 Å². The van der Waals surface area contributed by atoms with Gasteiger partial charge in [0.1, 0.15) is 4.90 Å². The highest BCUT2D eigenvalue weighted by Crippen LogP contribution is 2.28. The van der Waals surface area contributed by atoms with Gasteiger partial charge in [-0.3, -0.25) is 4.84 Å². The van der Waals surface area contributed by atoms with Gasteiger partial charge < -0.3 is 5.11 Å². The molecular formula is C8H7Cl2NO5S. The zero-order valence-corrected chi connectivity index (χ0v) is 10.7. The fourth-order valence-electron chi connectivity index (χ4n) is 1.05. The van der Waals surface area contributed by atoms with E-state index in [1.807, 2.05) is 0 Å². The second kappa shape index (κ2) is 5.19. The lowest BCUT2D eigenvalue weighted by atomic mass is 10.2. The summed E-state index contributed by atoms with van der Waals surface area (Å²) in [5, 5.41) is 8.44. The Hall–Kier alpha value is -0.860. The molecule has 0 unspecified atom stereocenters. The number of hydrogen-bond acceptors (Lipinski definition) is 4. The molecule has 1 rings (SSSR count). The van der Waals surface area contributed by atoms with E-state index in [0.717, 1.165) is 19.2 Å². The number of halogens is 2. The number of nitrogens with one attached hydrogen (secondary N) is 1. The predicted octanol–water partition coefficient (Wildman–Crippen LogP) is 1.53. The van der Waals surface area contributed by atoms with Crippen LogP contribution in [0.4, 0.5) is 0 Å². The van der Waals surface area contributed by atoms with Crippen LogP contribution in [0.3, 0.4) is 0 Å². The van der Waals surface area contributed by atoms with Crippen molar-refractivity contribution in [2.75, 3.05) is 7.11 Å². The van der Waals surface area contributed by atoms with E-state index < -0.39 is 20.9 Å². The van der Waals surface area contributed by atoms with Crippen LogP contribution in [0.2, 0.25) is 10.0 Å². The minimum Gasteiger partial charge on any atom is -0.478 e. The number of rotatable bonds is 4. The van der Waals surface area contributed by atoms with Crippen LogP contribution in [0, 0.1) is 0 Å². The third-order valence-corrected chi connectivity index (χ3v) is 3.77. The van der Waals surface area contributed by atoms with Crippen LogP contribution < -0.4 is 4.89 Å². The maximum absolute atomic E-state index is 11.6. The number of benzene rings is 1. The van der Waals surface area contributed by atoms with Gasteiger partial charge in [0.25, 0.3) is 10.0 Å². The third-order valence-electron chi connectivity index (χ3n) is 1.73. The van der Waals surface area contributed by atoms with Gasteiger partial charge in [-0.15, -0.1) is 0 Å². The highest BCUT2D eigenvalue weighted by Gasteiger charge is 2.22. The maximum atomic E-state index is 11.6. The Balaban J connectivity index is 3.45. The lowest BCUT2D eigenvalue weighted by Gasteiger charge is -2.08. The van der Waals surface area contributed by atoms with Crippen LogP contribution >= 0.6 is 23.2 Å². The molecule has 0 spiro atoms. The van der Waals surface area contributed by atoms with Crippen molar-refractivity contribution >= 4 is 39.2 Å². The van der Waals surface area contributed by atoms with Gasteiger partial charge in [-0.25, -0.2) is 13.2 Å². The molecule has 0 fully saturated rings. The van der Waals surface area contributed by atoms with Crippen molar-refractivity contribution in [1.82, 2.24) is 4.89 Å². The van der Waals surface area contributed by atoms with Crippen molar-refractivity contribution in [3.05, 3.63) is 27.7 Å². The van der Waals surface area contributed by atoms with Crippen LogP contribution in [-0.4, -0.2) is 26.6 Å². The van der Waals surface area contributed by atoms with Gasteiger partial charge in [-0.2, -0.15) is 0 Å². The molecule has 6 nitrogen and oxygen atoms in total. The second-order valence-electron chi connectivity index (χ2n) is 2.86. The van der Waals surface area contributed by atoms with E-state index in [2.05, 4.69) is 4.84 Å². The van der Waals surface area contributed by atoms with Crippen LogP contribution in [0.5, 0.6) is 0 Å². The molecule has 94 valence electrons. The molecule has 0 amide bonds. The van der Waals surface area contributed by atoms with E-state index in [4.69, 9.17) is 28.3 Å². The quantitative estimate of drug-likeness (QED) is 0.823. The highest BCUT2D eigenvalue weighted by molar-refractivity contribution is 7.89. The average molecular weight is 300 g/mol. The molecule has 2 N–H and O–H groups in total. The molecule has 9 heteroatoms. The number of carboxylic acid groups (broad SMARTS) is 1. The predicted molar refractivity (Wildman–Crippen MR) is 60.8 cm³/mol. The zero-order valence-electron chi connectivity index (χ0n) is 8.40. The SMILES string of the molecule is CONS(=O)(=O)c1cc(C(=O)O)c(Cl)cc1Cl. The molecule has 0 bridgehead atoms. The summed E-state index contributed by atoms with van der Waals surface area (Å²) in [7, 11) is -2.94. The first-order valence-corrected chi connectivity index (χ1v) is 6.30.